The predicted molar refractivity (Wildman–Crippen MR) is 64.8 cm³/mol. The molecule has 0 atom stereocenters. The van der Waals surface area contributed by atoms with Gasteiger partial charge in [0.15, 0.2) is 3.95 Å². The first-order chi connectivity index (χ1) is 6.75. The standard InChI is InChI=1S/C9H8N2S3/c10-7-6-4-2-1-3-5(4)13-8(6)11-9(12)14-7/h1-3,10H2. The fraction of sp³-hybridized carbons (Fsp3) is 0.333. The Balaban J connectivity index is 2.49. The molecule has 0 spiro atoms. The van der Waals surface area contributed by atoms with Gasteiger partial charge < -0.3 is 5.73 Å². The second-order valence-electron chi connectivity index (χ2n) is 3.38. The lowest BCUT2D eigenvalue weighted by Gasteiger charge is -1.96. The summed E-state index contributed by atoms with van der Waals surface area (Å²) >= 11 is 8.25. The molecule has 2 N–H and O–H groups in total. The fourth-order valence-electron chi connectivity index (χ4n) is 1.97. The molecule has 0 bridgehead atoms. The van der Waals surface area contributed by atoms with Gasteiger partial charge in [-0.3, -0.25) is 0 Å². The monoisotopic (exact) mass is 240 g/mol. The van der Waals surface area contributed by atoms with Crippen molar-refractivity contribution in [3.8, 4) is 0 Å². The number of aromatic nitrogens is 1. The number of nitrogens with zero attached hydrogens (tertiary/aromatic N) is 1. The summed E-state index contributed by atoms with van der Waals surface area (Å²) in [5.41, 5.74) is 7.42. The van der Waals surface area contributed by atoms with Gasteiger partial charge >= 0.3 is 0 Å². The molecule has 2 aromatic rings. The molecule has 2 heterocycles. The molecule has 0 saturated carbocycles. The Bertz CT molecular complexity index is 567. The van der Waals surface area contributed by atoms with Gasteiger partial charge in [-0.15, -0.1) is 11.3 Å². The molecule has 14 heavy (non-hydrogen) atoms. The zero-order valence-corrected chi connectivity index (χ0v) is 9.82. The Hall–Kier alpha value is -0.520. The van der Waals surface area contributed by atoms with Crippen LogP contribution < -0.4 is 5.73 Å². The quantitative estimate of drug-likeness (QED) is 0.719. The van der Waals surface area contributed by atoms with Crippen molar-refractivity contribution in [3.05, 3.63) is 14.4 Å². The van der Waals surface area contributed by atoms with E-state index in [1.807, 2.05) is 0 Å². The van der Waals surface area contributed by atoms with E-state index in [9.17, 15) is 0 Å². The molecular formula is C9H8N2S3. The number of hydrogen-bond donors (Lipinski definition) is 1. The minimum atomic E-state index is 0.648. The summed E-state index contributed by atoms with van der Waals surface area (Å²) in [4.78, 5) is 6.87. The molecule has 0 aliphatic heterocycles. The highest BCUT2D eigenvalue weighted by Gasteiger charge is 2.20. The highest BCUT2D eigenvalue weighted by Crippen LogP contribution is 2.40. The van der Waals surface area contributed by atoms with Gasteiger partial charge in [-0.2, -0.15) is 0 Å². The number of hydrogen-bond acceptors (Lipinski definition) is 5. The van der Waals surface area contributed by atoms with Crippen molar-refractivity contribution in [2.45, 2.75) is 19.3 Å². The van der Waals surface area contributed by atoms with Crippen LogP contribution in [-0.4, -0.2) is 4.98 Å². The second kappa shape index (κ2) is 2.98. The highest BCUT2D eigenvalue weighted by atomic mass is 32.1. The van der Waals surface area contributed by atoms with Gasteiger partial charge in [-0.1, -0.05) is 11.3 Å². The zero-order valence-electron chi connectivity index (χ0n) is 7.37. The molecule has 0 amide bonds. The third-order valence-corrected chi connectivity index (χ3v) is 4.76. The maximum Gasteiger partial charge on any atom is 0.183 e. The van der Waals surface area contributed by atoms with E-state index in [4.69, 9.17) is 18.0 Å². The number of rotatable bonds is 0. The smallest absolute Gasteiger partial charge is 0.183 e. The molecule has 3 rings (SSSR count). The van der Waals surface area contributed by atoms with Crippen LogP contribution in [-0.2, 0) is 12.8 Å². The molecule has 2 aromatic heterocycles. The minimum Gasteiger partial charge on any atom is -0.390 e. The first-order valence-corrected chi connectivity index (χ1v) is 6.50. The summed E-state index contributed by atoms with van der Waals surface area (Å²) in [6, 6.07) is 0. The highest BCUT2D eigenvalue weighted by molar-refractivity contribution is 7.73. The summed E-state index contributed by atoms with van der Waals surface area (Å²) < 4.78 is 0.648. The number of thiophene rings is 1. The summed E-state index contributed by atoms with van der Waals surface area (Å²) in [7, 11) is 0. The van der Waals surface area contributed by atoms with Gasteiger partial charge in [0.25, 0.3) is 0 Å². The Kier molecular flexibility index (Phi) is 1.87. The van der Waals surface area contributed by atoms with Crippen LogP contribution in [0.2, 0.25) is 0 Å². The normalized spacial score (nSPS) is 14.9. The van der Waals surface area contributed by atoms with Crippen LogP contribution in [0.1, 0.15) is 16.9 Å². The van der Waals surface area contributed by atoms with Gasteiger partial charge in [0.1, 0.15) is 4.83 Å². The molecule has 2 nitrogen and oxygen atoms in total. The summed E-state index contributed by atoms with van der Waals surface area (Å²) in [5.74, 6) is 0. The van der Waals surface area contributed by atoms with Crippen LogP contribution >= 0.6 is 34.9 Å². The third-order valence-electron chi connectivity index (χ3n) is 2.54. The topological polar surface area (TPSA) is 38.9 Å². The molecule has 0 fully saturated rings. The third kappa shape index (κ3) is 1.12. The van der Waals surface area contributed by atoms with E-state index in [0.717, 1.165) is 16.3 Å². The summed E-state index contributed by atoms with van der Waals surface area (Å²) in [5, 5.41) is 2.03. The van der Waals surface area contributed by atoms with E-state index < -0.39 is 0 Å². The molecule has 0 aromatic carbocycles. The van der Waals surface area contributed by atoms with Gasteiger partial charge in [-0.25, -0.2) is 4.98 Å². The van der Waals surface area contributed by atoms with E-state index in [0.29, 0.717) is 3.95 Å². The van der Waals surface area contributed by atoms with Crippen LogP contribution in [0.3, 0.4) is 0 Å². The lowest BCUT2D eigenvalue weighted by molar-refractivity contribution is 0.917. The minimum absolute atomic E-state index is 0.648. The molecule has 5 heteroatoms. The van der Waals surface area contributed by atoms with Crippen molar-refractivity contribution in [1.29, 1.82) is 0 Å². The maximum atomic E-state index is 5.99. The number of aryl methyl sites for hydroxylation is 2. The number of nitrogens with two attached hydrogens (primary N) is 1. The zero-order chi connectivity index (χ0) is 9.71. The van der Waals surface area contributed by atoms with Crippen molar-refractivity contribution in [2.24, 2.45) is 0 Å². The van der Waals surface area contributed by atoms with Crippen LogP contribution in [0, 0.1) is 3.95 Å². The van der Waals surface area contributed by atoms with Crippen LogP contribution in [0.4, 0.5) is 5.00 Å². The molecule has 0 radical (unpaired) electrons. The Labute approximate surface area is 94.4 Å². The molecule has 72 valence electrons. The molecule has 1 aliphatic carbocycles. The Morgan fingerprint density at radius 3 is 3.00 bits per heavy atom. The maximum absolute atomic E-state index is 5.99. The largest absolute Gasteiger partial charge is 0.390 e. The van der Waals surface area contributed by atoms with Gasteiger partial charge in [0, 0.05) is 10.3 Å². The lowest BCUT2D eigenvalue weighted by Crippen LogP contribution is -1.86. The van der Waals surface area contributed by atoms with E-state index in [1.54, 1.807) is 11.3 Å². The van der Waals surface area contributed by atoms with Crippen molar-refractivity contribution >= 4 is 50.1 Å². The van der Waals surface area contributed by atoms with Crippen molar-refractivity contribution in [1.82, 2.24) is 4.98 Å². The average molecular weight is 240 g/mol. The molecule has 0 saturated heterocycles. The SMILES string of the molecule is Nc1sc(=S)nc2sc3c(c12)CCC3. The van der Waals surface area contributed by atoms with Crippen molar-refractivity contribution < 1.29 is 0 Å². The summed E-state index contributed by atoms with van der Waals surface area (Å²) in [6.45, 7) is 0. The fourth-order valence-corrected chi connectivity index (χ4v) is 4.44. The number of fused-ring (bicyclic) bond motifs is 3. The Morgan fingerprint density at radius 2 is 2.14 bits per heavy atom. The van der Waals surface area contributed by atoms with Crippen LogP contribution in [0.15, 0.2) is 0 Å². The van der Waals surface area contributed by atoms with E-state index >= 15 is 0 Å². The van der Waals surface area contributed by atoms with E-state index in [1.165, 1.54) is 40.0 Å². The molecule has 0 unspecified atom stereocenters. The number of nitrogen functional groups attached to an aromatic ring is 1. The predicted octanol–water partition coefficient (Wildman–Crippen LogP) is 3.16. The first kappa shape index (κ1) is 8.76. The van der Waals surface area contributed by atoms with Crippen molar-refractivity contribution in [3.63, 3.8) is 0 Å². The van der Waals surface area contributed by atoms with Gasteiger partial charge in [0.05, 0.1) is 5.00 Å². The van der Waals surface area contributed by atoms with E-state index in [2.05, 4.69) is 4.98 Å². The average Bonchev–Trinajstić information content (AvgIpc) is 2.60. The van der Waals surface area contributed by atoms with E-state index in [-0.39, 0.29) is 0 Å². The van der Waals surface area contributed by atoms with Gasteiger partial charge in [-0.05, 0) is 37.0 Å². The van der Waals surface area contributed by atoms with Crippen molar-refractivity contribution in [2.75, 3.05) is 5.73 Å². The lowest BCUT2D eigenvalue weighted by atomic mass is 10.2. The van der Waals surface area contributed by atoms with Gasteiger partial charge in [0.2, 0.25) is 0 Å². The van der Waals surface area contributed by atoms with Crippen LogP contribution in [0.25, 0.3) is 10.2 Å². The molecular weight excluding hydrogens is 232 g/mol. The van der Waals surface area contributed by atoms with Crippen LogP contribution in [0.5, 0.6) is 0 Å². The first-order valence-electron chi connectivity index (χ1n) is 4.46. The molecule has 1 aliphatic rings. The second-order valence-corrected chi connectivity index (χ2v) is 6.14. The Morgan fingerprint density at radius 1 is 1.29 bits per heavy atom. The summed E-state index contributed by atoms with van der Waals surface area (Å²) in [6.07, 6.45) is 3.61. The number of anilines is 1.